The predicted octanol–water partition coefficient (Wildman–Crippen LogP) is 1.29. The molecule has 1 aromatic rings. The summed E-state index contributed by atoms with van der Waals surface area (Å²) < 4.78 is 24.5. The lowest BCUT2D eigenvalue weighted by Gasteiger charge is -2.11. The Balaban J connectivity index is 2.40. The lowest BCUT2D eigenvalue weighted by Crippen LogP contribution is -2.31. The van der Waals surface area contributed by atoms with Crippen LogP contribution in [0.25, 0.3) is 0 Å². The second-order valence-corrected chi connectivity index (χ2v) is 5.32. The summed E-state index contributed by atoms with van der Waals surface area (Å²) in [6.07, 6.45) is 0.348. The van der Waals surface area contributed by atoms with Gasteiger partial charge in [0, 0.05) is 11.4 Å². The van der Waals surface area contributed by atoms with Crippen LogP contribution in [0, 0.1) is 5.82 Å². The van der Waals surface area contributed by atoms with E-state index in [1.807, 2.05) is 6.92 Å². The predicted molar refractivity (Wildman–Crippen MR) is 66.8 cm³/mol. The second kappa shape index (κ2) is 7.53. The molecule has 2 atom stereocenters. The first-order valence-corrected chi connectivity index (χ1v) is 6.98. The van der Waals surface area contributed by atoms with Crippen molar-refractivity contribution in [3.63, 3.8) is 0 Å². The molecule has 0 saturated carbocycles. The molecule has 3 nitrogen and oxygen atoms in total. The maximum Gasteiger partial charge on any atom is 0.123 e. The minimum Gasteiger partial charge on any atom is -0.391 e. The standard InChI is InChI=1S/C12H18FNO2S/c1-2-7-14-8-11(15)9-17(16)12-5-3-10(13)4-6-12/h3-6,11,14-15H,2,7-9H2,1H3. The zero-order valence-electron chi connectivity index (χ0n) is 9.86. The molecule has 0 aliphatic carbocycles. The lowest BCUT2D eigenvalue weighted by atomic mass is 10.3. The number of rotatable bonds is 7. The van der Waals surface area contributed by atoms with Gasteiger partial charge >= 0.3 is 0 Å². The third-order valence-electron chi connectivity index (χ3n) is 2.23. The number of nitrogens with one attached hydrogen (secondary N) is 1. The summed E-state index contributed by atoms with van der Waals surface area (Å²) in [5.41, 5.74) is 0. The van der Waals surface area contributed by atoms with Gasteiger partial charge in [0.1, 0.15) is 5.82 Å². The minimum absolute atomic E-state index is 0.169. The van der Waals surface area contributed by atoms with Gasteiger partial charge in [-0.15, -0.1) is 0 Å². The molecule has 96 valence electrons. The number of halogens is 1. The molecule has 0 heterocycles. The van der Waals surface area contributed by atoms with Crippen molar-refractivity contribution < 1.29 is 13.7 Å². The topological polar surface area (TPSA) is 49.3 Å². The smallest absolute Gasteiger partial charge is 0.123 e. The molecule has 5 heteroatoms. The van der Waals surface area contributed by atoms with Crippen LogP contribution in [0.2, 0.25) is 0 Å². The lowest BCUT2D eigenvalue weighted by molar-refractivity contribution is 0.195. The van der Waals surface area contributed by atoms with Crippen molar-refractivity contribution in [2.75, 3.05) is 18.8 Å². The summed E-state index contributed by atoms with van der Waals surface area (Å²) in [6.45, 7) is 3.30. The highest BCUT2D eigenvalue weighted by molar-refractivity contribution is 7.85. The van der Waals surface area contributed by atoms with Crippen molar-refractivity contribution in [2.24, 2.45) is 0 Å². The first kappa shape index (κ1) is 14.3. The van der Waals surface area contributed by atoms with Gasteiger partial charge in [-0.3, -0.25) is 4.21 Å². The molecule has 0 aliphatic heterocycles. The Morgan fingerprint density at radius 3 is 2.65 bits per heavy atom. The number of hydrogen-bond donors (Lipinski definition) is 2. The van der Waals surface area contributed by atoms with Crippen molar-refractivity contribution in [3.8, 4) is 0 Å². The fraction of sp³-hybridized carbons (Fsp3) is 0.500. The Hall–Kier alpha value is -0.780. The average molecular weight is 259 g/mol. The molecule has 0 radical (unpaired) electrons. The van der Waals surface area contributed by atoms with E-state index in [9.17, 15) is 13.7 Å². The molecular weight excluding hydrogens is 241 g/mol. The van der Waals surface area contributed by atoms with Crippen molar-refractivity contribution in [1.82, 2.24) is 5.32 Å². The van der Waals surface area contributed by atoms with Gasteiger partial charge in [0.2, 0.25) is 0 Å². The molecule has 1 aromatic carbocycles. The van der Waals surface area contributed by atoms with Crippen LogP contribution in [0.5, 0.6) is 0 Å². The van der Waals surface area contributed by atoms with Crippen molar-refractivity contribution in [3.05, 3.63) is 30.1 Å². The van der Waals surface area contributed by atoms with Crippen LogP contribution >= 0.6 is 0 Å². The van der Waals surface area contributed by atoms with Gasteiger partial charge in [-0.25, -0.2) is 4.39 Å². The number of benzene rings is 1. The third kappa shape index (κ3) is 5.39. The van der Waals surface area contributed by atoms with Crippen LogP contribution in [-0.4, -0.2) is 34.3 Å². The van der Waals surface area contributed by atoms with Crippen LogP contribution in [-0.2, 0) is 10.8 Å². The van der Waals surface area contributed by atoms with Gasteiger partial charge in [-0.1, -0.05) is 6.92 Å². The van der Waals surface area contributed by atoms with Gasteiger partial charge in [0.15, 0.2) is 0 Å². The van der Waals surface area contributed by atoms with Crippen LogP contribution in [0.1, 0.15) is 13.3 Å². The Morgan fingerprint density at radius 1 is 1.41 bits per heavy atom. The largest absolute Gasteiger partial charge is 0.391 e. The molecule has 2 unspecified atom stereocenters. The SMILES string of the molecule is CCCNCC(O)CS(=O)c1ccc(F)cc1. The summed E-state index contributed by atoms with van der Waals surface area (Å²) in [4.78, 5) is 0.543. The van der Waals surface area contributed by atoms with E-state index in [1.54, 1.807) is 0 Å². The van der Waals surface area contributed by atoms with Crippen LogP contribution < -0.4 is 5.32 Å². The van der Waals surface area contributed by atoms with Crippen LogP contribution in [0.4, 0.5) is 4.39 Å². The van der Waals surface area contributed by atoms with E-state index in [0.29, 0.717) is 11.4 Å². The van der Waals surface area contributed by atoms with E-state index in [-0.39, 0.29) is 11.6 Å². The highest BCUT2D eigenvalue weighted by Crippen LogP contribution is 2.08. The van der Waals surface area contributed by atoms with Gasteiger partial charge < -0.3 is 10.4 Å². The second-order valence-electron chi connectivity index (χ2n) is 3.82. The average Bonchev–Trinajstić information content (AvgIpc) is 2.30. The molecule has 0 amide bonds. The summed E-state index contributed by atoms with van der Waals surface area (Å²) in [7, 11) is -1.28. The summed E-state index contributed by atoms with van der Waals surface area (Å²) in [5.74, 6) is -0.182. The normalized spacial score (nSPS) is 14.5. The maximum atomic E-state index is 12.7. The highest BCUT2D eigenvalue weighted by Gasteiger charge is 2.10. The van der Waals surface area contributed by atoms with Crippen molar-refractivity contribution in [2.45, 2.75) is 24.3 Å². The van der Waals surface area contributed by atoms with E-state index < -0.39 is 16.9 Å². The molecule has 0 fully saturated rings. The zero-order chi connectivity index (χ0) is 12.7. The van der Waals surface area contributed by atoms with Crippen LogP contribution in [0.15, 0.2) is 29.2 Å². The Labute approximate surface area is 104 Å². The minimum atomic E-state index is -1.28. The fourth-order valence-corrected chi connectivity index (χ4v) is 2.46. The first-order valence-electron chi connectivity index (χ1n) is 5.66. The summed E-state index contributed by atoms with van der Waals surface area (Å²) in [5, 5.41) is 12.7. The first-order chi connectivity index (χ1) is 8.13. The fourth-order valence-electron chi connectivity index (χ4n) is 1.36. The van der Waals surface area contributed by atoms with Gasteiger partial charge in [0.25, 0.3) is 0 Å². The molecule has 0 spiro atoms. The molecule has 1 rings (SSSR count). The van der Waals surface area contributed by atoms with Crippen LogP contribution in [0.3, 0.4) is 0 Å². The molecule has 2 N–H and O–H groups in total. The van der Waals surface area contributed by atoms with E-state index in [1.165, 1.54) is 24.3 Å². The quantitative estimate of drug-likeness (QED) is 0.726. The van der Waals surface area contributed by atoms with Gasteiger partial charge in [-0.2, -0.15) is 0 Å². The summed E-state index contributed by atoms with van der Waals surface area (Å²) >= 11 is 0. The number of aliphatic hydroxyl groups excluding tert-OH is 1. The molecular formula is C12H18FNO2S. The Morgan fingerprint density at radius 2 is 2.06 bits per heavy atom. The number of hydrogen-bond acceptors (Lipinski definition) is 3. The van der Waals surface area contributed by atoms with E-state index in [4.69, 9.17) is 0 Å². The van der Waals surface area contributed by atoms with Gasteiger partial charge in [0.05, 0.1) is 22.7 Å². The van der Waals surface area contributed by atoms with Crippen molar-refractivity contribution >= 4 is 10.8 Å². The zero-order valence-corrected chi connectivity index (χ0v) is 10.7. The van der Waals surface area contributed by atoms with E-state index in [0.717, 1.165) is 13.0 Å². The molecule has 0 bridgehead atoms. The molecule has 17 heavy (non-hydrogen) atoms. The highest BCUT2D eigenvalue weighted by atomic mass is 32.2. The Kier molecular flexibility index (Phi) is 6.32. The third-order valence-corrected chi connectivity index (χ3v) is 3.71. The van der Waals surface area contributed by atoms with Gasteiger partial charge in [-0.05, 0) is 37.2 Å². The Bertz CT molecular complexity index is 356. The molecule has 0 aromatic heterocycles. The monoisotopic (exact) mass is 259 g/mol. The summed E-state index contributed by atoms with van der Waals surface area (Å²) in [6, 6.07) is 5.51. The van der Waals surface area contributed by atoms with E-state index in [2.05, 4.69) is 5.32 Å². The molecule has 0 saturated heterocycles. The molecule has 0 aliphatic rings. The van der Waals surface area contributed by atoms with E-state index >= 15 is 0 Å². The van der Waals surface area contributed by atoms with Crippen molar-refractivity contribution in [1.29, 1.82) is 0 Å². The number of aliphatic hydroxyl groups is 1. The maximum absolute atomic E-state index is 12.7.